The van der Waals surface area contributed by atoms with Crippen LogP contribution in [0.4, 0.5) is 5.13 Å². The van der Waals surface area contributed by atoms with Gasteiger partial charge in [-0.2, -0.15) is 4.98 Å². The maximum absolute atomic E-state index is 5.60. The number of thiazole rings is 1. The van der Waals surface area contributed by atoms with Crippen molar-refractivity contribution in [1.29, 1.82) is 0 Å². The Labute approximate surface area is 119 Å². The van der Waals surface area contributed by atoms with E-state index in [2.05, 4.69) is 15.1 Å². The summed E-state index contributed by atoms with van der Waals surface area (Å²) in [4.78, 5) is 8.45. The zero-order valence-electron chi connectivity index (χ0n) is 10.7. The Balaban J connectivity index is 1.98. The van der Waals surface area contributed by atoms with Crippen LogP contribution in [0.5, 0.6) is 5.75 Å². The molecule has 6 nitrogen and oxygen atoms in total. The largest absolute Gasteiger partial charge is 0.493 e. The second kappa shape index (κ2) is 5.30. The molecule has 0 saturated carbocycles. The Morgan fingerprint density at radius 1 is 1.30 bits per heavy atom. The van der Waals surface area contributed by atoms with Gasteiger partial charge in [0.05, 0.1) is 12.2 Å². The van der Waals surface area contributed by atoms with Crippen molar-refractivity contribution in [2.75, 3.05) is 12.3 Å². The molecular weight excluding hydrogens is 276 g/mol. The van der Waals surface area contributed by atoms with E-state index in [4.69, 9.17) is 15.0 Å². The molecule has 0 aliphatic carbocycles. The van der Waals surface area contributed by atoms with Crippen molar-refractivity contribution in [3.63, 3.8) is 0 Å². The molecule has 1 aromatic carbocycles. The highest BCUT2D eigenvalue weighted by Gasteiger charge is 2.15. The van der Waals surface area contributed by atoms with Gasteiger partial charge in [0, 0.05) is 5.38 Å². The third kappa shape index (κ3) is 2.35. The lowest BCUT2D eigenvalue weighted by Gasteiger charge is -2.05. The summed E-state index contributed by atoms with van der Waals surface area (Å²) >= 11 is 1.33. The maximum atomic E-state index is 5.60. The molecule has 2 aromatic heterocycles. The monoisotopic (exact) mass is 288 g/mol. The highest BCUT2D eigenvalue weighted by molar-refractivity contribution is 7.13. The normalized spacial score (nSPS) is 10.7. The zero-order valence-corrected chi connectivity index (χ0v) is 11.6. The molecule has 0 aliphatic rings. The minimum absolute atomic E-state index is 0.347. The van der Waals surface area contributed by atoms with Crippen molar-refractivity contribution < 1.29 is 9.26 Å². The Bertz CT molecular complexity index is 722. The van der Waals surface area contributed by atoms with Gasteiger partial charge in [0.1, 0.15) is 11.4 Å². The minimum atomic E-state index is 0.347. The van der Waals surface area contributed by atoms with Crippen LogP contribution >= 0.6 is 11.3 Å². The summed E-state index contributed by atoms with van der Waals surface area (Å²) in [5.74, 6) is 1.54. The fraction of sp³-hybridized carbons (Fsp3) is 0.154. The number of hydrogen-bond donors (Lipinski definition) is 1. The topological polar surface area (TPSA) is 87.1 Å². The quantitative estimate of drug-likeness (QED) is 0.794. The van der Waals surface area contributed by atoms with E-state index in [-0.39, 0.29) is 0 Å². The van der Waals surface area contributed by atoms with E-state index in [1.54, 1.807) is 5.38 Å². The number of aromatic nitrogens is 3. The van der Waals surface area contributed by atoms with Gasteiger partial charge in [0.15, 0.2) is 5.13 Å². The van der Waals surface area contributed by atoms with Crippen molar-refractivity contribution in [3.05, 3.63) is 29.6 Å². The summed E-state index contributed by atoms with van der Waals surface area (Å²) in [7, 11) is 0. The van der Waals surface area contributed by atoms with E-state index in [1.807, 2.05) is 31.2 Å². The lowest BCUT2D eigenvalue weighted by Crippen LogP contribution is -1.94. The molecule has 102 valence electrons. The molecule has 20 heavy (non-hydrogen) atoms. The molecule has 3 rings (SSSR count). The van der Waals surface area contributed by atoms with Gasteiger partial charge in [-0.15, -0.1) is 11.3 Å². The lowest BCUT2D eigenvalue weighted by molar-refractivity contribution is 0.341. The van der Waals surface area contributed by atoms with E-state index < -0.39 is 0 Å². The van der Waals surface area contributed by atoms with Crippen LogP contribution in [-0.2, 0) is 0 Å². The van der Waals surface area contributed by atoms with Crippen LogP contribution in [0.2, 0.25) is 0 Å². The molecule has 0 saturated heterocycles. The average molecular weight is 288 g/mol. The van der Waals surface area contributed by atoms with Crippen LogP contribution in [-0.4, -0.2) is 21.7 Å². The first-order valence-corrected chi connectivity index (χ1v) is 6.93. The van der Waals surface area contributed by atoms with Crippen LogP contribution in [0.15, 0.2) is 34.2 Å². The molecule has 2 N–H and O–H groups in total. The maximum Gasteiger partial charge on any atom is 0.277 e. The number of rotatable bonds is 4. The summed E-state index contributed by atoms with van der Waals surface area (Å²) in [6, 6.07) is 7.55. The van der Waals surface area contributed by atoms with Gasteiger partial charge in [-0.05, 0) is 19.1 Å². The summed E-state index contributed by atoms with van der Waals surface area (Å²) in [5.41, 5.74) is 6.96. The standard InChI is InChI=1S/C13H12N4O2S/c1-2-18-10-6-4-3-5-8(10)11-16-12(19-17-11)9-7-20-13(14)15-9/h3-7H,2H2,1H3,(H2,14,15). The molecule has 7 heteroatoms. The van der Waals surface area contributed by atoms with Crippen LogP contribution < -0.4 is 10.5 Å². The van der Waals surface area contributed by atoms with Crippen molar-refractivity contribution in [2.24, 2.45) is 0 Å². The van der Waals surface area contributed by atoms with Gasteiger partial charge in [-0.25, -0.2) is 4.98 Å². The number of nitrogens with zero attached hydrogens (tertiary/aromatic N) is 3. The van der Waals surface area contributed by atoms with Crippen LogP contribution in [0.1, 0.15) is 6.92 Å². The Hall–Kier alpha value is -2.41. The van der Waals surface area contributed by atoms with Gasteiger partial charge >= 0.3 is 0 Å². The van der Waals surface area contributed by atoms with Crippen molar-refractivity contribution >= 4 is 16.5 Å². The van der Waals surface area contributed by atoms with Crippen molar-refractivity contribution in [1.82, 2.24) is 15.1 Å². The minimum Gasteiger partial charge on any atom is -0.493 e. The second-order valence-electron chi connectivity index (χ2n) is 3.92. The first kappa shape index (κ1) is 12.6. The predicted octanol–water partition coefficient (Wildman–Crippen LogP) is 2.84. The molecular formula is C13H12N4O2S. The summed E-state index contributed by atoms with van der Waals surface area (Å²) < 4.78 is 10.8. The molecule has 0 spiro atoms. The number of benzene rings is 1. The van der Waals surface area contributed by atoms with Gasteiger partial charge in [0.25, 0.3) is 5.89 Å². The summed E-state index contributed by atoms with van der Waals surface area (Å²) in [6.07, 6.45) is 0. The highest BCUT2D eigenvalue weighted by atomic mass is 32.1. The number of ether oxygens (including phenoxy) is 1. The SMILES string of the molecule is CCOc1ccccc1-c1noc(-c2csc(N)n2)n1. The van der Waals surface area contributed by atoms with Gasteiger partial charge < -0.3 is 15.0 Å². The number of nitrogens with two attached hydrogens (primary N) is 1. The van der Waals surface area contributed by atoms with E-state index in [0.717, 1.165) is 11.3 Å². The van der Waals surface area contributed by atoms with Crippen molar-refractivity contribution in [2.45, 2.75) is 6.92 Å². The van der Waals surface area contributed by atoms with E-state index in [1.165, 1.54) is 11.3 Å². The first-order valence-electron chi connectivity index (χ1n) is 6.05. The smallest absolute Gasteiger partial charge is 0.277 e. The number of para-hydroxylation sites is 1. The predicted molar refractivity (Wildman–Crippen MR) is 76.4 cm³/mol. The summed E-state index contributed by atoms with van der Waals surface area (Å²) in [5, 5.41) is 6.22. The van der Waals surface area contributed by atoms with Crippen LogP contribution in [0.25, 0.3) is 23.0 Å². The molecule has 0 amide bonds. The number of hydrogen-bond acceptors (Lipinski definition) is 7. The Morgan fingerprint density at radius 3 is 2.90 bits per heavy atom. The molecule has 0 aliphatic heterocycles. The second-order valence-corrected chi connectivity index (χ2v) is 4.81. The van der Waals surface area contributed by atoms with Gasteiger partial charge in [0.2, 0.25) is 5.82 Å². The highest BCUT2D eigenvalue weighted by Crippen LogP contribution is 2.30. The van der Waals surface area contributed by atoms with Crippen molar-refractivity contribution in [3.8, 4) is 28.7 Å². The number of nitrogen functional groups attached to an aromatic ring is 1. The van der Waals surface area contributed by atoms with Crippen LogP contribution in [0.3, 0.4) is 0 Å². The third-order valence-electron chi connectivity index (χ3n) is 2.59. The molecule has 2 heterocycles. The van der Waals surface area contributed by atoms with E-state index in [9.17, 15) is 0 Å². The molecule has 3 aromatic rings. The molecule has 0 fully saturated rings. The Morgan fingerprint density at radius 2 is 2.15 bits per heavy atom. The molecule has 0 bridgehead atoms. The zero-order chi connectivity index (χ0) is 13.9. The molecule has 0 unspecified atom stereocenters. The fourth-order valence-electron chi connectivity index (χ4n) is 1.76. The molecule has 0 radical (unpaired) electrons. The van der Waals surface area contributed by atoms with E-state index >= 15 is 0 Å². The first-order chi connectivity index (χ1) is 9.78. The van der Waals surface area contributed by atoms with E-state index in [0.29, 0.717) is 29.1 Å². The van der Waals surface area contributed by atoms with Crippen LogP contribution in [0, 0.1) is 0 Å². The van der Waals surface area contributed by atoms with Gasteiger partial charge in [-0.1, -0.05) is 17.3 Å². The lowest BCUT2D eigenvalue weighted by atomic mass is 10.2. The number of anilines is 1. The fourth-order valence-corrected chi connectivity index (χ4v) is 2.29. The van der Waals surface area contributed by atoms with Gasteiger partial charge in [-0.3, -0.25) is 0 Å². The Kier molecular flexibility index (Phi) is 3.34. The molecule has 0 atom stereocenters. The third-order valence-corrected chi connectivity index (χ3v) is 3.27. The average Bonchev–Trinajstić information content (AvgIpc) is 3.08. The summed E-state index contributed by atoms with van der Waals surface area (Å²) in [6.45, 7) is 2.50.